The van der Waals surface area contributed by atoms with Crippen molar-refractivity contribution in [3.8, 4) is 0 Å². The van der Waals surface area contributed by atoms with Gasteiger partial charge in [0.2, 0.25) is 0 Å². The van der Waals surface area contributed by atoms with Crippen LogP contribution in [-0.2, 0) is 23.7 Å². The highest BCUT2D eigenvalue weighted by molar-refractivity contribution is 5.41. The third-order valence-electron chi connectivity index (χ3n) is 11.3. The average molecular weight is 673 g/mol. The fourth-order valence-corrected chi connectivity index (χ4v) is 6.53. The maximum atomic E-state index is 2.36. The lowest BCUT2D eigenvalue weighted by Gasteiger charge is -2.26. The van der Waals surface area contributed by atoms with E-state index in [1.807, 2.05) is 0 Å². The van der Waals surface area contributed by atoms with E-state index in [9.17, 15) is 0 Å². The molecular weight excluding hydrogens is 601 g/mol. The van der Waals surface area contributed by atoms with E-state index in [2.05, 4.69) is 180 Å². The normalized spacial score (nSPS) is 13.7. The van der Waals surface area contributed by atoms with Gasteiger partial charge in [0.15, 0.2) is 0 Å². The minimum atomic E-state index is 0.0530. The molecule has 0 heteroatoms. The van der Waals surface area contributed by atoms with Gasteiger partial charge >= 0.3 is 0 Å². The Labute approximate surface area is 309 Å². The van der Waals surface area contributed by atoms with Gasteiger partial charge < -0.3 is 0 Å². The maximum absolute atomic E-state index is 2.36. The summed E-state index contributed by atoms with van der Waals surface area (Å²) in [5.41, 5.74) is 11.3. The standard InChI is InChI=1S/C23H32.C21H26.C6H14/c1-17(2)19(4)9-10-20-11-15-22(16-12-20)23(5,6)21-13-7-18(3)8-14-21;1-16-4-12-19(13-5-16)21(2,3)20-14-10-18(11-15-20)9-8-17-6-7-17;1-4-5-6(2)3/h7-8,11-17,19H,9-10H2,1-6H3;4-5,10-15,17H,6-9H2,1-3H3;6H,4-5H2,1-3H3. The summed E-state index contributed by atoms with van der Waals surface area (Å²) in [4.78, 5) is 0. The van der Waals surface area contributed by atoms with E-state index in [0.29, 0.717) is 0 Å². The molecule has 1 unspecified atom stereocenters. The summed E-state index contributed by atoms with van der Waals surface area (Å²) in [7, 11) is 0. The van der Waals surface area contributed by atoms with Crippen molar-refractivity contribution in [1.29, 1.82) is 0 Å². The Morgan fingerprint density at radius 2 is 0.880 bits per heavy atom. The van der Waals surface area contributed by atoms with Crippen LogP contribution in [0.2, 0.25) is 0 Å². The molecule has 1 saturated carbocycles. The predicted octanol–water partition coefficient (Wildman–Crippen LogP) is 14.7. The highest BCUT2D eigenvalue weighted by Gasteiger charge is 2.24. The fraction of sp³-hybridized carbons (Fsp3) is 0.520. The van der Waals surface area contributed by atoms with Gasteiger partial charge in [0.1, 0.15) is 0 Å². The number of hydrogen-bond acceptors (Lipinski definition) is 0. The summed E-state index contributed by atoms with van der Waals surface area (Å²) < 4.78 is 0. The Hall–Kier alpha value is -3.12. The summed E-state index contributed by atoms with van der Waals surface area (Å²) in [6.07, 6.45) is 10.7. The number of aryl methyl sites for hydroxylation is 4. The summed E-state index contributed by atoms with van der Waals surface area (Å²) >= 11 is 0. The number of rotatable bonds is 13. The molecule has 0 amide bonds. The molecule has 4 aromatic rings. The van der Waals surface area contributed by atoms with Gasteiger partial charge in [-0.05, 0) is 96.6 Å². The second kappa shape index (κ2) is 19.5. The van der Waals surface area contributed by atoms with Crippen molar-refractivity contribution in [2.24, 2.45) is 23.7 Å². The monoisotopic (exact) mass is 673 g/mol. The zero-order chi connectivity index (χ0) is 36.9. The summed E-state index contributed by atoms with van der Waals surface area (Å²) in [5.74, 6) is 3.48. The molecule has 5 rings (SSSR count). The first-order chi connectivity index (χ1) is 23.6. The first-order valence-corrected chi connectivity index (χ1v) is 20.0. The third kappa shape index (κ3) is 13.2. The van der Waals surface area contributed by atoms with Crippen LogP contribution in [0.15, 0.2) is 97.1 Å². The highest BCUT2D eigenvalue weighted by Crippen LogP contribution is 2.35. The Kier molecular flexibility index (Phi) is 16.1. The van der Waals surface area contributed by atoms with Gasteiger partial charge in [-0.2, -0.15) is 0 Å². The average Bonchev–Trinajstić information content (AvgIpc) is 3.92. The topological polar surface area (TPSA) is 0 Å². The fourth-order valence-electron chi connectivity index (χ4n) is 6.53. The predicted molar refractivity (Wildman–Crippen MR) is 223 cm³/mol. The zero-order valence-corrected chi connectivity index (χ0v) is 34.2. The lowest BCUT2D eigenvalue weighted by atomic mass is 9.77. The molecule has 0 radical (unpaired) electrons. The molecule has 0 spiro atoms. The van der Waals surface area contributed by atoms with Crippen LogP contribution in [0, 0.1) is 37.5 Å². The van der Waals surface area contributed by atoms with Gasteiger partial charge in [-0.3, -0.25) is 0 Å². The van der Waals surface area contributed by atoms with Crippen LogP contribution in [0.1, 0.15) is 152 Å². The van der Waals surface area contributed by atoms with Crippen LogP contribution in [0.25, 0.3) is 0 Å². The highest BCUT2D eigenvalue weighted by atomic mass is 14.3. The molecule has 0 nitrogen and oxygen atoms in total. The molecule has 50 heavy (non-hydrogen) atoms. The van der Waals surface area contributed by atoms with E-state index >= 15 is 0 Å². The molecule has 1 aliphatic rings. The molecule has 0 saturated heterocycles. The van der Waals surface area contributed by atoms with Crippen LogP contribution in [0.3, 0.4) is 0 Å². The Morgan fingerprint density at radius 3 is 1.18 bits per heavy atom. The second-order valence-electron chi connectivity index (χ2n) is 17.3. The first kappa shape index (κ1) is 41.3. The lowest BCUT2D eigenvalue weighted by Crippen LogP contribution is -2.18. The van der Waals surface area contributed by atoms with Gasteiger partial charge in [-0.25, -0.2) is 0 Å². The molecule has 1 aliphatic carbocycles. The zero-order valence-electron chi connectivity index (χ0n) is 34.2. The SMILES string of the molecule is CCCC(C)C.Cc1ccc(C(C)(C)c2ccc(CCC(C)C(C)C)cc2)cc1.Cc1ccc(C(C)(C)c2ccc(CCC3CC3)cc2)cc1. The van der Waals surface area contributed by atoms with Gasteiger partial charge in [0.25, 0.3) is 0 Å². The van der Waals surface area contributed by atoms with Crippen molar-refractivity contribution in [2.75, 3.05) is 0 Å². The molecule has 4 aromatic carbocycles. The van der Waals surface area contributed by atoms with Crippen LogP contribution in [0.5, 0.6) is 0 Å². The summed E-state index contributed by atoms with van der Waals surface area (Å²) in [5, 5.41) is 0. The van der Waals surface area contributed by atoms with Gasteiger partial charge in [0, 0.05) is 10.8 Å². The van der Waals surface area contributed by atoms with Crippen LogP contribution in [-0.4, -0.2) is 0 Å². The minimum Gasteiger partial charge on any atom is -0.0654 e. The van der Waals surface area contributed by atoms with Gasteiger partial charge in [0.05, 0.1) is 0 Å². The lowest BCUT2D eigenvalue weighted by molar-refractivity contribution is 0.392. The molecule has 0 aliphatic heterocycles. The molecule has 1 fully saturated rings. The minimum absolute atomic E-state index is 0.0530. The molecular formula is C50H72. The van der Waals surface area contributed by atoms with E-state index in [1.165, 1.54) is 95.9 Å². The van der Waals surface area contributed by atoms with Crippen LogP contribution in [0.4, 0.5) is 0 Å². The van der Waals surface area contributed by atoms with E-state index in [-0.39, 0.29) is 10.8 Å². The van der Waals surface area contributed by atoms with E-state index < -0.39 is 0 Å². The van der Waals surface area contributed by atoms with Gasteiger partial charge in [-0.1, -0.05) is 203 Å². The Morgan fingerprint density at radius 1 is 0.520 bits per heavy atom. The molecule has 0 aromatic heterocycles. The Bertz CT molecular complexity index is 1490. The molecule has 0 heterocycles. The molecule has 1 atom stereocenters. The number of hydrogen-bond donors (Lipinski definition) is 0. The quantitative estimate of drug-likeness (QED) is 0.133. The van der Waals surface area contributed by atoms with Crippen molar-refractivity contribution >= 4 is 0 Å². The van der Waals surface area contributed by atoms with Crippen molar-refractivity contribution in [1.82, 2.24) is 0 Å². The van der Waals surface area contributed by atoms with Crippen molar-refractivity contribution in [3.63, 3.8) is 0 Å². The first-order valence-electron chi connectivity index (χ1n) is 20.0. The van der Waals surface area contributed by atoms with Crippen LogP contribution < -0.4 is 0 Å². The van der Waals surface area contributed by atoms with E-state index in [0.717, 1.165) is 23.7 Å². The molecule has 0 bridgehead atoms. The summed E-state index contributed by atoms with van der Waals surface area (Å²) in [6.45, 7) is 27.3. The summed E-state index contributed by atoms with van der Waals surface area (Å²) in [6, 6.07) is 36.4. The Balaban J connectivity index is 0.000000233. The smallest absolute Gasteiger partial charge is 0.0146 e. The molecule has 272 valence electrons. The van der Waals surface area contributed by atoms with Crippen molar-refractivity contribution < 1.29 is 0 Å². The van der Waals surface area contributed by atoms with E-state index in [1.54, 1.807) is 0 Å². The molecule has 0 N–H and O–H groups in total. The van der Waals surface area contributed by atoms with Crippen molar-refractivity contribution in [3.05, 3.63) is 142 Å². The van der Waals surface area contributed by atoms with Gasteiger partial charge in [-0.15, -0.1) is 0 Å². The van der Waals surface area contributed by atoms with Crippen molar-refractivity contribution in [2.45, 2.75) is 145 Å². The third-order valence-corrected chi connectivity index (χ3v) is 11.3. The maximum Gasteiger partial charge on any atom is 0.0146 e. The van der Waals surface area contributed by atoms with E-state index in [4.69, 9.17) is 0 Å². The second-order valence-corrected chi connectivity index (χ2v) is 17.3. The number of benzene rings is 4. The largest absolute Gasteiger partial charge is 0.0654 e. The van der Waals surface area contributed by atoms with Crippen LogP contribution >= 0.6 is 0 Å².